The van der Waals surface area contributed by atoms with Crippen LogP contribution in [0.15, 0.2) is 60.7 Å². The van der Waals surface area contributed by atoms with Gasteiger partial charge in [-0.3, -0.25) is 0 Å². The summed E-state index contributed by atoms with van der Waals surface area (Å²) in [5, 5.41) is 6.27. The molecule has 4 heteroatoms. The molecule has 2 heterocycles. The third-order valence-electron chi connectivity index (χ3n) is 6.79. The van der Waals surface area contributed by atoms with Crippen molar-refractivity contribution in [3.63, 3.8) is 0 Å². The second kappa shape index (κ2) is 8.93. The van der Waals surface area contributed by atoms with Crippen molar-refractivity contribution >= 4 is 38.8 Å². The third kappa shape index (κ3) is 4.10. The number of aryl methyl sites for hydroxylation is 3. The van der Waals surface area contributed by atoms with Crippen molar-refractivity contribution in [3.8, 4) is 0 Å². The molecule has 0 aliphatic rings. The minimum absolute atomic E-state index is 0.750. The maximum Gasteiger partial charge on any atom is 0.203 e. The quantitative estimate of drug-likeness (QED) is 0.276. The van der Waals surface area contributed by atoms with Crippen LogP contribution in [0, 0.1) is 5.92 Å². The van der Waals surface area contributed by atoms with Crippen molar-refractivity contribution in [3.05, 3.63) is 71.8 Å². The number of nitrogens with zero attached hydrogens (tertiary/aromatic N) is 3. The summed E-state index contributed by atoms with van der Waals surface area (Å²) in [6.45, 7) is 8.57. The number of rotatable bonds is 8. The minimum Gasteiger partial charge on any atom is -0.352 e. The molecule has 170 valence electrons. The zero-order chi connectivity index (χ0) is 22.9. The number of fused-ring (bicyclic) bond motifs is 4. The molecule has 0 unspecified atom stereocenters. The fourth-order valence-corrected chi connectivity index (χ4v) is 5.00. The van der Waals surface area contributed by atoms with Gasteiger partial charge in [0.1, 0.15) is 0 Å². The maximum absolute atomic E-state index is 4.76. The van der Waals surface area contributed by atoms with Gasteiger partial charge in [-0.1, -0.05) is 44.5 Å². The van der Waals surface area contributed by atoms with Gasteiger partial charge in [-0.25, -0.2) is 4.98 Å². The van der Waals surface area contributed by atoms with Crippen molar-refractivity contribution in [2.75, 3.05) is 5.32 Å². The monoisotopic (exact) mass is 438 g/mol. The molecule has 0 atom stereocenters. The van der Waals surface area contributed by atoms with Crippen LogP contribution < -0.4 is 5.32 Å². The van der Waals surface area contributed by atoms with Crippen LogP contribution in [0.3, 0.4) is 0 Å². The number of imidazole rings is 1. The van der Waals surface area contributed by atoms with E-state index < -0.39 is 0 Å². The lowest BCUT2D eigenvalue weighted by Crippen LogP contribution is -2.05. The topological polar surface area (TPSA) is 34.8 Å². The Hall–Kier alpha value is -3.27. The zero-order valence-electron chi connectivity index (χ0n) is 20.2. The summed E-state index contributed by atoms with van der Waals surface area (Å²) in [5.41, 5.74) is 7.54. The Morgan fingerprint density at radius 2 is 1.58 bits per heavy atom. The molecule has 0 aliphatic carbocycles. The standard InChI is InChI=1S/C29H34N4/c1-5-33-26-15-13-21(10-8-9-20(2)3)17-23(26)24-18-22(14-16-27(24)33)19-30-29-31-25-11-6-7-12-28(25)32(29)4/h6-7,11-18,20H,5,8-10,19H2,1-4H3,(H,30,31). The summed E-state index contributed by atoms with van der Waals surface area (Å²) in [5.74, 6) is 1.67. The lowest BCUT2D eigenvalue weighted by Gasteiger charge is -2.07. The first-order chi connectivity index (χ1) is 16.0. The second-order valence-electron chi connectivity index (χ2n) is 9.57. The van der Waals surface area contributed by atoms with Gasteiger partial charge in [0.25, 0.3) is 0 Å². The molecule has 3 aromatic carbocycles. The van der Waals surface area contributed by atoms with Gasteiger partial charge in [0.15, 0.2) is 0 Å². The molecule has 0 bridgehead atoms. The largest absolute Gasteiger partial charge is 0.352 e. The molecule has 1 N–H and O–H groups in total. The van der Waals surface area contributed by atoms with E-state index in [4.69, 9.17) is 4.98 Å². The number of hydrogen-bond acceptors (Lipinski definition) is 2. The summed E-state index contributed by atoms with van der Waals surface area (Å²) in [4.78, 5) is 4.76. The molecule has 0 amide bonds. The van der Waals surface area contributed by atoms with Crippen LogP contribution in [-0.2, 0) is 26.6 Å². The minimum atomic E-state index is 0.750. The van der Waals surface area contributed by atoms with E-state index in [-0.39, 0.29) is 0 Å². The predicted octanol–water partition coefficient (Wildman–Crippen LogP) is 7.29. The van der Waals surface area contributed by atoms with Gasteiger partial charge in [0.05, 0.1) is 11.0 Å². The van der Waals surface area contributed by atoms with Crippen molar-refractivity contribution in [1.82, 2.24) is 14.1 Å². The number of nitrogens with one attached hydrogen (secondary N) is 1. The number of aromatic nitrogens is 3. The summed E-state index contributed by atoms with van der Waals surface area (Å²) in [6, 6.07) is 22.2. The second-order valence-corrected chi connectivity index (χ2v) is 9.57. The van der Waals surface area contributed by atoms with E-state index in [1.54, 1.807) is 0 Å². The van der Waals surface area contributed by atoms with Gasteiger partial charge in [-0.15, -0.1) is 0 Å². The van der Waals surface area contributed by atoms with Crippen molar-refractivity contribution < 1.29 is 0 Å². The van der Waals surface area contributed by atoms with E-state index in [2.05, 4.69) is 96.9 Å². The summed E-state index contributed by atoms with van der Waals surface area (Å²) in [7, 11) is 2.07. The fourth-order valence-electron chi connectivity index (χ4n) is 5.00. The maximum atomic E-state index is 4.76. The molecular formula is C29H34N4. The molecule has 33 heavy (non-hydrogen) atoms. The number of hydrogen-bond donors (Lipinski definition) is 1. The number of benzene rings is 3. The first kappa shape index (κ1) is 21.6. The average molecular weight is 439 g/mol. The van der Waals surface area contributed by atoms with Gasteiger partial charge >= 0.3 is 0 Å². The van der Waals surface area contributed by atoms with Crippen LogP contribution >= 0.6 is 0 Å². The van der Waals surface area contributed by atoms with E-state index in [1.165, 1.54) is 45.8 Å². The lowest BCUT2D eigenvalue weighted by molar-refractivity contribution is 0.556. The molecule has 4 nitrogen and oxygen atoms in total. The van der Waals surface area contributed by atoms with Crippen LogP contribution in [0.4, 0.5) is 5.95 Å². The Morgan fingerprint density at radius 1 is 0.879 bits per heavy atom. The average Bonchev–Trinajstić information content (AvgIpc) is 3.31. The van der Waals surface area contributed by atoms with Crippen molar-refractivity contribution in [1.29, 1.82) is 0 Å². The van der Waals surface area contributed by atoms with E-state index in [0.717, 1.165) is 42.4 Å². The lowest BCUT2D eigenvalue weighted by atomic mass is 10.0. The SMILES string of the molecule is CCn1c2ccc(CCCC(C)C)cc2c2cc(CNc3nc4ccccc4n3C)ccc21. The Morgan fingerprint density at radius 3 is 2.27 bits per heavy atom. The summed E-state index contributed by atoms with van der Waals surface area (Å²) >= 11 is 0. The highest BCUT2D eigenvalue weighted by Crippen LogP contribution is 2.31. The molecule has 0 spiro atoms. The molecule has 0 aliphatic heterocycles. The first-order valence-electron chi connectivity index (χ1n) is 12.2. The summed E-state index contributed by atoms with van der Waals surface area (Å²) in [6.07, 6.45) is 3.69. The van der Waals surface area contributed by atoms with Crippen molar-refractivity contribution in [2.24, 2.45) is 13.0 Å². The number of anilines is 1. The smallest absolute Gasteiger partial charge is 0.203 e. The molecule has 0 saturated heterocycles. The normalized spacial score (nSPS) is 11.9. The van der Waals surface area contributed by atoms with Gasteiger partial charge in [-0.05, 0) is 73.2 Å². The predicted molar refractivity (Wildman–Crippen MR) is 141 cm³/mol. The Bertz CT molecular complexity index is 1420. The Labute approximate surface area is 196 Å². The Kier molecular flexibility index (Phi) is 5.84. The first-order valence-corrected chi connectivity index (χ1v) is 12.2. The molecular weight excluding hydrogens is 404 g/mol. The zero-order valence-corrected chi connectivity index (χ0v) is 20.2. The highest BCUT2D eigenvalue weighted by Gasteiger charge is 2.12. The molecule has 0 fully saturated rings. The van der Waals surface area contributed by atoms with E-state index in [9.17, 15) is 0 Å². The van der Waals surface area contributed by atoms with Gasteiger partial charge in [0, 0.05) is 41.9 Å². The van der Waals surface area contributed by atoms with E-state index >= 15 is 0 Å². The number of para-hydroxylation sites is 2. The fraction of sp³-hybridized carbons (Fsp3) is 0.345. The third-order valence-corrected chi connectivity index (χ3v) is 6.79. The van der Waals surface area contributed by atoms with E-state index in [0.29, 0.717) is 0 Å². The Balaban J connectivity index is 1.46. The van der Waals surface area contributed by atoms with Crippen LogP contribution in [0.5, 0.6) is 0 Å². The van der Waals surface area contributed by atoms with Gasteiger partial charge < -0.3 is 14.5 Å². The van der Waals surface area contributed by atoms with Crippen molar-refractivity contribution in [2.45, 2.75) is 53.1 Å². The molecule has 2 aromatic heterocycles. The van der Waals surface area contributed by atoms with Crippen LogP contribution in [-0.4, -0.2) is 14.1 Å². The van der Waals surface area contributed by atoms with Gasteiger partial charge in [-0.2, -0.15) is 0 Å². The molecule has 5 rings (SSSR count). The van der Waals surface area contributed by atoms with Crippen LogP contribution in [0.2, 0.25) is 0 Å². The molecule has 0 radical (unpaired) electrons. The van der Waals surface area contributed by atoms with E-state index in [1.807, 2.05) is 6.07 Å². The summed E-state index contributed by atoms with van der Waals surface area (Å²) < 4.78 is 4.56. The molecule has 0 saturated carbocycles. The highest BCUT2D eigenvalue weighted by atomic mass is 15.2. The molecule has 5 aromatic rings. The van der Waals surface area contributed by atoms with Crippen LogP contribution in [0.25, 0.3) is 32.8 Å². The highest BCUT2D eigenvalue weighted by molar-refractivity contribution is 6.08. The van der Waals surface area contributed by atoms with Crippen LogP contribution in [0.1, 0.15) is 44.7 Å². The van der Waals surface area contributed by atoms with Gasteiger partial charge in [0.2, 0.25) is 5.95 Å².